The zero-order valence-corrected chi connectivity index (χ0v) is 13.8. The minimum Gasteiger partial charge on any atom is -0.380 e. The Bertz CT molecular complexity index is 572. The van der Waals surface area contributed by atoms with Crippen molar-refractivity contribution in [3.63, 3.8) is 0 Å². The van der Waals surface area contributed by atoms with Gasteiger partial charge in [0.2, 0.25) is 15.9 Å². The number of sulfonamides is 1. The molecule has 120 valence electrons. The van der Waals surface area contributed by atoms with Gasteiger partial charge in [0.15, 0.2) is 5.82 Å². The summed E-state index contributed by atoms with van der Waals surface area (Å²) in [5.74, 6) is 1.09. The number of hydrogen-bond acceptors (Lipinski definition) is 6. The average molecular weight is 317 g/mol. The van der Waals surface area contributed by atoms with Gasteiger partial charge < -0.3 is 9.26 Å². The number of methoxy groups -OCH3 is 1. The van der Waals surface area contributed by atoms with Gasteiger partial charge in [0.05, 0.1) is 11.9 Å². The zero-order valence-electron chi connectivity index (χ0n) is 12.9. The van der Waals surface area contributed by atoms with Crippen molar-refractivity contribution in [3.05, 3.63) is 11.7 Å². The van der Waals surface area contributed by atoms with Crippen LogP contribution in [-0.4, -0.2) is 48.4 Å². The molecular formula is C13H23N3O4S. The Morgan fingerprint density at radius 2 is 2.24 bits per heavy atom. The molecule has 1 aliphatic heterocycles. The van der Waals surface area contributed by atoms with Gasteiger partial charge in [-0.1, -0.05) is 25.4 Å². The fraction of sp³-hybridized carbons (Fsp3) is 0.846. The largest absolute Gasteiger partial charge is 0.380 e. The maximum absolute atomic E-state index is 12.6. The number of rotatable bonds is 6. The van der Waals surface area contributed by atoms with Gasteiger partial charge in [0, 0.05) is 20.1 Å². The molecule has 0 amide bonds. The number of nitrogens with zero attached hydrogens (tertiary/aromatic N) is 3. The Labute approximate surface area is 125 Å². The van der Waals surface area contributed by atoms with E-state index in [2.05, 4.69) is 10.1 Å². The van der Waals surface area contributed by atoms with Gasteiger partial charge in [0.25, 0.3) is 0 Å². The molecule has 2 heterocycles. The van der Waals surface area contributed by atoms with Crippen molar-refractivity contribution in [3.8, 4) is 0 Å². The van der Waals surface area contributed by atoms with Crippen molar-refractivity contribution in [1.29, 1.82) is 0 Å². The molecule has 0 radical (unpaired) electrons. The van der Waals surface area contributed by atoms with Crippen molar-refractivity contribution >= 4 is 10.0 Å². The maximum atomic E-state index is 12.6. The molecule has 0 aliphatic carbocycles. The quantitative estimate of drug-likeness (QED) is 0.790. The fourth-order valence-electron chi connectivity index (χ4n) is 2.49. The van der Waals surface area contributed by atoms with E-state index < -0.39 is 16.1 Å². The normalized spacial score (nSPS) is 25.3. The second kappa shape index (κ2) is 6.41. The molecule has 7 nitrogen and oxygen atoms in total. The summed E-state index contributed by atoms with van der Waals surface area (Å²) in [5.41, 5.74) is 0. The summed E-state index contributed by atoms with van der Waals surface area (Å²) < 4.78 is 37.2. The summed E-state index contributed by atoms with van der Waals surface area (Å²) in [6.07, 6.45) is 1.22. The van der Waals surface area contributed by atoms with Gasteiger partial charge in [-0.3, -0.25) is 0 Å². The molecule has 2 rings (SSSR count). The average Bonchev–Trinajstić information content (AvgIpc) is 3.04. The number of aromatic nitrogens is 2. The molecule has 0 aromatic carbocycles. The second-order valence-electron chi connectivity index (χ2n) is 5.65. The molecule has 0 spiro atoms. The zero-order chi connectivity index (χ0) is 15.6. The smallest absolute Gasteiger partial charge is 0.245 e. The number of hydrogen-bond donors (Lipinski definition) is 0. The van der Waals surface area contributed by atoms with Crippen molar-refractivity contribution < 1.29 is 17.7 Å². The van der Waals surface area contributed by atoms with Crippen LogP contribution in [0, 0.1) is 12.8 Å². The highest BCUT2D eigenvalue weighted by Gasteiger charge is 2.43. The first kappa shape index (κ1) is 16.4. The Morgan fingerprint density at radius 1 is 1.52 bits per heavy atom. The van der Waals surface area contributed by atoms with E-state index in [-0.39, 0.29) is 17.8 Å². The third-order valence-corrected chi connectivity index (χ3v) is 6.04. The molecule has 0 unspecified atom stereocenters. The minimum atomic E-state index is -3.38. The van der Waals surface area contributed by atoms with E-state index in [0.717, 1.165) is 6.42 Å². The van der Waals surface area contributed by atoms with Gasteiger partial charge in [-0.2, -0.15) is 9.29 Å². The van der Waals surface area contributed by atoms with Crippen LogP contribution in [0.2, 0.25) is 0 Å². The Kier molecular flexibility index (Phi) is 5.00. The number of aryl methyl sites for hydroxylation is 1. The van der Waals surface area contributed by atoms with Crippen LogP contribution in [0.3, 0.4) is 0 Å². The lowest BCUT2D eigenvalue weighted by molar-refractivity contribution is 0.114. The monoisotopic (exact) mass is 317 g/mol. The molecule has 21 heavy (non-hydrogen) atoms. The van der Waals surface area contributed by atoms with Crippen LogP contribution in [0.5, 0.6) is 0 Å². The highest BCUT2D eigenvalue weighted by atomic mass is 32.2. The van der Waals surface area contributed by atoms with Gasteiger partial charge in [-0.15, -0.1) is 0 Å². The van der Waals surface area contributed by atoms with Crippen LogP contribution in [0.4, 0.5) is 0 Å². The first-order valence-corrected chi connectivity index (χ1v) is 8.80. The maximum Gasteiger partial charge on any atom is 0.245 e. The first-order chi connectivity index (χ1) is 9.87. The Balaban J connectivity index is 2.26. The lowest BCUT2D eigenvalue weighted by Crippen LogP contribution is -2.35. The summed E-state index contributed by atoms with van der Waals surface area (Å²) in [6, 6.07) is -0.426. The van der Waals surface area contributed by atoms with Crippen LogP contribution in [0.1, 0.15) is 44.4 Å². The van der Waals surface area contributed by atoms with E-state index in [1.165, 1.54) is 4.31 Å². The molecular weight excluding hydrogens is 294 g/mol. The van der Waals surface area contributed by atoms with Crippen LogP contribution in [0.15, 0.2) is 4.52 Å². The molecule has 1 fully saturated rings. The van der Waals surface area contributed by atoms with Gasteiger partial charge in [0.1, 0.15) is 6.04 Å². The molecule has 0 saturated carbocycles. The van der Waals surface area contributed by atoms with Gasteiger partial charge >= 0.3 is 0 Å². The molecule has 1 aromatic rings. The minimum absolute atomic E-state index is 0.113. The van der Waals surface area contributed by atoms with Crippen LogP contribution < -0.4 is 0 Å². The van der Waals surface area contributed by atoms with E-state index in [0.29, 0.717) is 24.7 Å². The highest BCUT2D eigenvalue weighted by Crippen LogP contribution is 2.35. The van der Waals surface area contributed by atoms with Crippen LogP contribution in [0.25, 0.3) is 0 Å². The standard InChI is InChI=1S/C13H23N3O4S/c1-5-9(2)8-21(17,18)16-7-11(19-4)6-12(16)13-14-10(3)15-20-13/h9,11-12H,5-8H2,1-4H3/t9-,11-,12+/m0/s1. The summed E-state index contributed by atoms with van der Waals surface area (Å²) in [6.45, 7) is 5.98. The van der Waals surface area contributed by atoms with Crippen molar-refractivity contribution in [1.82, 2.24) is 14.4 Å². The topological polar surface area (TPSA) is 85.5 Å². The van der Waals surface area contributed by atoms with Gasteiger partial charge in [-0.25, -0.2) is 8.42 Å². The SMILES string of the molecule is CC[C@H](C)CS(=O)(=O)N1C[C@@H](OC)C[C@@H]1c1nc(C)no1. The molecule has 1 aromatic heterocycles. The van der Waals surface area contributed by atoms with Crippen LogP contribution in [-0.2, 0) is 14.8 Å². The third-order valence-electron chi connectivity index (χ3n) is 3.93. The second-order valence-corrected chi connectivity index (χ2v) is 7.62. The molecule has 0 N–H and O–H groups in total. The Morgan fingerprint density at radius 3 is 2.76 bits per heavy atom. The third kappa shape index (κ3) is 3.61. The van der Waals surface area contributed by atoms with Crippen LogP contribution >= 0.6 is 0 Å². The van der Waals surface area contributed by atoms with E-state index in [1.54, 1.807) is 14.0 Å². The summed E-state index contributed by atoms with van der Waals surface area (Å²) >= 11 is 0. The van der Waals surface area contributed by atoms with Crippen molar-refractivity contribution in [2.24, 2.45) is 5.92 Å². The highest BCUT2D eigenvalue weighted by molar-refractivity contribution is 7.89. The molecule has 3 atom stereocenters. The predicted octanol–water partition coefficient (Wildman–Crippen LogP) is 1.52. The summed E-state index contributed by atoms with van der Waals surface area (Å²) in [7, 11) is -1.79. The fourth-order valence-corrected chi connectivity index (χ4v) is 4.60. The van der Waals surface area contributed by atoms with Gasteiger partial charge in [-0.05, 0) is 12.8 Å². The van der Waals surface area contributed by atoms with E-state index in [9.17, 15) is 8.42 Å². The molecule has 1 saturated heterocycles. The lowest BCUT2D eigenvalue weighted by atomic mass is 10.2. The van der Waals surface area contributed by atoms with Crippen molar-refractivity contribution in [2.75, 3.05) is 19.4 Å². The van der Waals surface area contributed by atoms with E-state index >= 15 is 0 Å². The summed E-state index contributed by atoms with van der Waals surface area (Å²) in [4.78, 5) is 4.19. The van der Waals surface area contributed by atoms with E-state index in [1.807, 2.05) is 13.8 Å². The first-order valence-electron chi connectivity index (χ1n) is 7.19. The predicted molar refractivity (Wildman–Crippen MR) is 77.1 cm³/mol. The molecule has 1 aliphatic rings. The van der Waals surface area contributed by atoms with Crippen molar-refractivity contribution in [2.45, 2.75) is 45.8 Å². The number of ether oxygens (including phenoxy) is 1. The Hall–Kier alpha value is -0.990. The van der Waals surface area contributed by atoms with E-state index in [4.69, 9.17) is 9.26 Å². The summed E-state index contributed by atoms with van der Waals surface area (Å²) in [5, 5.41) is 3.76. The lowest BCUT2D eigenvalue weighted by Gasteiger charge is -2.22. The molecule has 8 heteroatoms. The molecule has 0 bridgehead atoms.